The van der Waals surface area contributed by atoms with Crippen molar-refractivity contribution in [3.63, 3.8) is 0 Å². The molecule has 18 heavy (non-hydrogen) atoms. The molecule has 2 rings (SSSR count). The lowest BCUT2D eigenvalue weighted by molar-refractivity contribution is 0.0950. The average molecular weight is 268 g/mol. The summed E-state index contributed by atoms with van der Waals surface area (Å²) in [6.45, 7) is 0.373. The minimum atomic E-state index is -0.699. The predicted octanol–water partition coefficient (Wildman–Crippen LogP) is 2.17. The zero-order valence-electron chi connectivity index (χ0n) is 9.41. The monoisotopic (exact) mass is 267 g/mol. The third-order valence-electron chi connectivity index (χ3n) is 2.40. The van der Waals surface area contributed by atoms with Gasteiger partial charge in [0.1, 0.15) is 5.82 Å². The van der Waals surface area contributed by atoms with Gasteiger partial charge in [-0.3, -0.25) is 4.79 Å². The van der Waals surface area contributed by atoms with Gasteiger partial charge in [0.05, 0.1) is 10.6 Å². The van der Waals surface area contributed by atoms with Gasteiger partial charge in [-0.25, -0.2) is 9.37 Å². The van der Waals surface area contributed by atoms with Gasteiger partial charge >= 0.3 is 0 Å². The first-order valence-corrected chi connectivity index (χ1v) is 5.76. The molecule has 0 aliphatic rings. The molecule has 0 atom stereocenters. The van der Waals surface area contributed by atoms with E-state index >= 15 is 0 Å². The fraction of sp³-hybridized carbons (Fsp3) is 0.167. The number of H-pyrrole nitrogens is 1. The number of aromatic amines is 1. The summed E-state index contributed by atoms with van der Waals surface area (Å²) in [5.74, 6) is -0.418. The van der Waals surface area contributed by atoms with Crippen molar-refractivity contribution in [1.29, 1.82) is 0 Å². The lowest BCUT2D eigenvalue weighted by Crippen LogP contribution is -2.26. The molecule has 94 valence electrons. The number of hydrogen-bond acceptors (Lipinski definition) is 2. The Kier molecular flexibility index (Phi) is 3.94. The topological polar surface area (TPSA) is 57.8 Å². The average Bonchev–Trinajstić information content (AvgIpc) is 2.85. The number of carbonyl (C=O) groups excluding carboxylic acids is 1. The van der Waals surface area contributed by atoms with Crippen LogP contribution < -0.4 is 5.32 Å². The Balaban J connectivity index is 1.93. The molecule has 2 aromatic rings. The van der Waals surface area contributed by atoms with Crippen LogP contribution in [0.3, 0.4) is 0 Å². The lowest BCUT2D eigenvalue weighted by Gasteiger charge is -2.05. The normalized spacial score (nSPS) is 10.3. The van der Waals surface area contributed by atoms with E-state index in [4.69, 9.17) is 11.6 Å². The van der Waals surface area contributed by atoms with Gasteiger partial charge in [-0.15, -0.1) is 0 Å². The van der Waals surface area contributed by atoms with Crippen LogP contribution in [0.4, 0.5) is 4.39 Å². The third kappa shape index (κ3) is 2.87. The number of imidazole rings is 1. The summed E-state index contributed by atoms with van der Waals surface area (Å²) in [6.07, 6.45) is 3.89. The number of nitrogens with zero attached hydrogens (tertiary/aromatic N) is 1. The molecule has 0 spiro atoms. The van der Waals surface area contributed by atoms with Crippen molar-refractivity contribution in [3.8, 4) is 0 Å². The van der Waals surface area contributed by atoms with Crippen LogP contribution in [0.5, 0.6) is 0 Å². The maximum atomic E-state index is 13.5. The van der Waals surface area contributed by atoms with Gasteiger partial charge in [0.25, 0.3) is 5.91 Å². The van der Waals surface area contributed by atoms with Gasteiger partial charge in [-0.05, 0) is 12.1 Å². The van der Waals surface area contributed by atoms with Gasteiger partial charge in [-0.2, -0.15) is 0 Å². The van der Waals surface area contributed by atoms with Crippen molar-refractivity contribution in [1.82, 2.24) is 15.3 Å². The summed E-state index contributed by atoms with van der Waals surface area (Å²) in [5.41, 5.74) is -0.0538. The number of halogens is 2. The molecule has 6 heteroatoms. The van der Waals surface area contributed by atoms with E-state index in [1.807, 2.05) is 0 Å². The highest BCUT2D eigenvalue weighted by Crippen LogP contribution is 2.17. The maximum absolute atomic E-state index is 13.5. The molecule has 0 bridgehead atoms. The first kappa shape index (κ1) is 12.6. The van der Waals surface area contributed by atoms with E-state index in [0.29, 0.717) is 13.0 Å². The predicted molar refractivity (Wildman–Crippen MR) is 66.0 cm³/mol. The van der Waals surface area contributed by atoms with E-state index < -0.39 is 11.7 Å². The standard InChI is InChI=1S/C12H11ClFN3O/c13-9-3-1-2-8(11(9)14)12(18)17-5-4-10-15-6-7-16-10/h1-3,6-7H,4-5H2,(H,15,16)(H,17,18). The molecule has 1 heterocycles. The first-order valence-electron chi connectivity index (χ1n) is 5.39. The van der Waals surface area contributed by atoms with Crippen molar-refractivity contribution < 1.29 is 9.18 Å². The number of nitrogens with one attached hydrogen (secondary N) is 2. The number of hydrogen-bond donors (Lipinski definition) is 2. The van der Waals surface area contributed by atoms with E-state index in [2.05, 4.69) is 15.3 Å². The van der Waals surface area contributed by atoms with Gasteiger partial charge < -0.3 is 10.3 Å². The van der Waals surface area contributed by atoms with E-state index in [1.165, 1.54) is 18.2 Å². The van der Waals surface area contributed by atoms with Crippen LogP contribution >= 0.6 is 11.6 Å². The van der Waals surface area contributed by atoms with E-state index in [-0.39, 0.29) is 10.6 Å². The molecular weight excluding hydrogens is 257 g/mol. The van der Waals surface area contributed by atoms with E-state index in [1.54, 1.807) is 12.4 Å². The highest BCUT2D eigenvalue weighted by molar-refractivity contribution is 6.31. The Labute approximate surface area is 108 Å². The molecule has 0 radical (unpaired) electrons. The minimum Gasteiger partial charge on any atom is -0.351 e. The van der Waals surface area contributed by atoms with Crippen LogP contribution in [0.2, 0.25) is 5.02 Å². The quantitative estimate of drug-likeness (QED) is 0.892. The molecular formula is C12H11ClFN3O. The highest BCUT2D eigenvalue weighted by Gasteiger charge is 2.13. The van der Waals surface area contributed by atoms with Crippen LogP contribution in [0, 0.1) is 5.82 Å². The molecule has 0 aliphatic heterocycles. The van der Waals surface area contributed by atoms with Crippen LogP contribution in [0.25, 0.3) is 0 Å². The number of rotatable bonds is 4. The Morgan fingerprint density at radius 2 is 2.33 bits per heavy atom. The second-order valence-corrected chi connectivity index (χ2v) is 4.05. The maximum Gasteiger partial charge on any atom is 0.254 e. The Morgan fingerprint density at radius 3 is 3.06 bits per heavy atom. The van der Waals surface area contributed by atoms with Gasteiger partial charge in [0.15, 0.2) is 5.82 Å². The molecule has 2 N–H and O–H groups in total. The van der Waals surface area contributed by atoms with Crippen molar-refractivity contribution >= 4 is 17.5 Å². The molecule has 1 aromatic heterocycles. The summed E-state index contributed by atoms with van der Waals surface area (Å²) < 4.78 is 13.5. The zero-order valence-corrected chi connectivity index (χ0v) is 10.2. The van der Waals surface area contributed by atoms with Crippen molar-refractivity contribution in [2.75, 3.05) is 6.54 Å². The first-order chi connectivity index (χ1) is 8.68. The van der Waals surface area contributed by atoms with Gasteiger partial charge in [0, 0.05) is 25.4 Å². The smallest absolute Gasteiger partial charge is 0.254 e. The molecule has 0 saturated heterocycles. The van der Waals surface area contributed by atoms with Gasteiger partial charge in [0.2, 0.25) is 0 Å². The Bertz CT molecular complexity index is 542. The van der Waals surface area contributed by atoms with E-state index in [9.17, 15) is 9.18 Å². The minimum absolute atomic E-state index is 0.0538. The zero-order chi connectivity index (χ0) is 13.0. The number of amides is 1. The molecule has 0 saturated carbocycles. The molecule has 0 aliphatic carbocycles. The fourth-order valence-corrected chi connectivity index (χ4v) is 1.68. The summed E-state index contributed by atoms with van der Waals surface area (Å²) in [7, 11) is 0. The molecule has 1 aromatic carbocycles. The van der Waals surface area contributed by atoms with Crippen LogP contribution in [-0.4, -0.2) is 22.4 Å². The molecule has 4 nitrogen and oxygen atoms in total. The summed E-state index contributed by atoms with van der Waals surface area (Å²) in [6, 6.07) is 4.33. The van der Waals surface area contributed by atoms with Crippen molar-refractivity contribution in [3.05, 3.63) is 52.8 Å². The Hall–Kier alpha value is -1.88. The highest BCUT2D eigenvalue weighted by atomic mass is 35.5. The second-order valence-electron chi connectivity index (χ2n) is 3.64. The fourth-order valence-electron chi connectivity index (χ4n) is 1.50. The van der Waals surface area contributed by atoms with Crippen LogP contribution in [-0.2, 0) is 6.42 Å². The van der Waals surface area contributed by atoms with E-state index in [0.717, 1.165) is 5.82 Å². The summed E-state index contributed by atoms with van der Waals surface area (Å²) in [4.78, 5) is 18.6. The largest absolute Gasteiger partial charge is 0.351 e. The molecule has 1 amide bonds. The SMILES string of the molecule is O=C(NCCc1ncc[nH]1)c1cccc(Cl)c1F. The molecule has 0 unspecified atom stereocenters. The third-order valence-corrected chi connectivity index (χ3v) is 2.69. The van der Waals surface area contributed by atoms with Crippen LogP contribution in [0.1, 0.15) is 16.2 Å². The molecule has 0 fully saturated rings. The number of carbonyl (C=O) groups is 1. The Morgan fingerprint density at radius 1 is 1.50 bits per heavy atom. The second kappa shape index (κ2) is 5.64. The number of benzene rings is 1. The van der Waals surface area contributed by atoms with Gasteiger partial charge in [-0.1, -0.05) is 17.7 Å². The van der Waals surface area contributed by atoms with Crippen molar-refractivity contribution in [2.45, 2.75) is 6.42 Å². The lowest BCUT2D eigenvalue weighted by atomic mass is 10.2. The van der Waals surface area contributed by atoms with Crippen LogP contribution in [0.15, 0.2) is 30.6 Å². The summed E-state index contributed by atoms with van der Waals surface area (Å²) in [5, 5.41) is 2.55. The van der Waals surface area contributed by atoms with Crippen molar-refractivity contribution in [2.24, 2.45) is 0 Å². The number of aromatic nitrogens is 2. The summed E-state index contributed by atoms with van der Waals surface area (Å²) >= 11 is 5.60.